The molecule has 2 unspecified atom stereocenters. The van der Waals surface area contributed by atoms with E-state index in [2.05, 4.69) is 15.4 Å². The van der Waals surface area contributed by atoms with Crippen molar-refractivity contribution in [1.82, 2.24) is 10.0 Å². The van der Waals surface area contributed by atoms with Gasteiger partial charge in [0.25, 0.3) is 0 Å². The van der Waals surface area contributed by atoms with Gasteiger partial charge in [-0.1, -0.05) is 6.42 Å². The minimum absolute atomic E-state index is 0.0473. The van der Waals surface area contributed by atoms with Gasteiger partial charge < -0.3 is 5.32 Å². The van der Waals surface area contributed by atoms with Crippen LogP contribution in [0.15, 0.2) is 16.8 Å². The predicted octanol–water partition coefficient (Wildman–Crippen LogP) is 2.13. The number of piperidine rings is 1. The van der Waals surface area contributed by atoms with E-state index in [1.807, 2.05) is 18.4 Å². The van der Waals surface area contributed by atoms with E-state index in [9.17, 15) is 8.42 Å². The van der Waals surface area contributed by atoms with E-state index in [1.54, 1.807) is 11.3 Å². The van der Waals surface area contributed by atoms with Crippen molar-refractivity contribution in [3.8, 4) is 0 Å². The van der Waals surface area contributed by atoms with Crippen LogP contribution in [-0.4, -0.2) is 32.8 Å². The highest BCUT2D eigenvalue weighted by molar-refractivity contribution is 7.89. The van der Waals surface area contributed by atoms with Crippen LogP contribution in [0.1, 0.15) is 38.2 Å². The van der Waals surface area contributed by atoms with Crippen LogP contribution in [-0.2, 0) is 16.4 Å². The van der Waals surface area contributed by atoms with Crippen LogP contribution in [0.2, 0.25) is 0 Å². The maximum Gasteiger partial charge on any atom is 0.211 e. The molecule has 0 spiro atoms. The van der Waals surface area contributed by atoms with Gasteiger partial charge in [0.2, 0.25) is 10.0 Å². The lowest BCUT2D eigenvalue weighted by Crippen LogP contribution is -2.39. The number of nitrogens with one attached hydrogen (secondary N) is 2. The summed E-state index contributed by atoms with van der Waals surface area (Å²) in [5, 5.41) is 7.48. The fraction of sp³-hybridized carbons (Fsp3) is 0.714. The quantitative estimate of drug-likeness (QED) is 0.810. The summed E-state index contributed by atoms with van der Waals surface area (Å²) < 4.78 is 26.9. The molecule has 0 aromatic carbocycles. The van der Waals surface area contributed by atoms with E-state index in [1.165, 1.54) is 18.4 Å². The second kappa shape index (κ2) is 7.54. The Kier molecular flexibility index (Phi) is 6.01. The highest BCUT2D eigenvalue weighted by Gasteiger charge is 2.19. The summed E-state index contributed by atoms with van der Waals surface area (Å²) in [6.45, 7) is 2.95. The third-order valence-electron chi connectivity index (χ3n) is 3.65. The fourth-order valence-corrected chi connectivity index (χ4v) is 4.73. The third-order valence-corrected chi connectivity index (χ3v) is 5.92. The minimum atomic E-state index is -3.17. The zero-order chi connectivity index (χ0) is 14.4. The van der Waals surface area contributed by atoms with Crippen molar-refractivity contribution in [3.05, 3.63) is 22.4 Å². The minimum Gasteiger partial charge on any atom is -0.314 e. The second-order valence-corrected chi connectivity index (χ2v) is 8.26. The molecule has 1 aromatic heterocycles. The first-order valence-corrected chi connectivity index (χ1v) is 9.89. The largest absolute Gasteiger partial charge is 0.314 e. The van der Waals surface area contributed by atoms with Gasteiger partial charge in [0, 0.05) is 12.1 Å². The van der Waals surface area contributed by atoms with Crippen molar-refractivity contribution in [2.45, 2.75) is 51.1 Å². The Morgan fingerprint density at radius 3 is 3.00 bits per heavy atom. The van der Waals surface area contributed by atoms with E-state index >= 15 is 0 Å². The third kappa shape index (κ3) is 5.52. The highest BCUT2D eigenvalue weighted by Crippen LogP contribution is 2.12. The Labute approximate surface area is 126 Å². The van der Waals surface area contributed by atoms with Crippen LogP contribution in [0, 0.1) is 0 Å². The summed E-state index contributed by atoms with van der Waals surface area (Å²) in [5.74, 6) is 0.221. The van der Waals surface area contributed by atoms with E-state index in [4.69, 9.17) is 0 Å². The molecule has 1 saturated heterocycles. The van der Waals surface area contributed by atoms with Crippen LogP contribution in [0.3, 0.4) is 0 Å². The van der Waals surface area contributed by atoms with Gasteiger partial charge in [-0.05, 0) is 61.5 Å². The molecule has 2 N–H and O–H groups in total. The first-order valence-electron chi connectivity index (χ1n) is 7.29. The monoisotopic (exact) mass is 316 g/mol. The fourth-order valence-electron chi connectivity index (χ4n) is 2.64. The standard InChI is InChI=1S/C14H24N2O2S2/c1-12(10-13-5-8-19-11-13)16-20(17,18)9-6-14-4-2-3-7-15-14/h5,8,11-12,14-16H,2-4,6-7,9-10H2,1H3. The van der Waals surface area contributed by atoms with Gasteiger partial charge in [-0.2, -0.15) is 11.3 Å². The SMILES string of the molecule is CC(Cc1ccsc1)NS(=O)(=O)CCC1CCCCN1. The summed E-state index contributed by atoms with van der Waals surface area (Å²) in [4.78, 5) is 0. The topological polar surface area (TPSA) is 58.2 Å². The summed E-state index contributed by atoms with van der Waals surface area (Å²) in [7, 11) is -3.17. The average molecular weight is 316 g/mol. The molecule has 0 amide bonds. The molecule has 0 bridgehead atoms. The molecule has 1 fully saturated rings. The van der Waals surface area contributed by atoms with Crippen molar-refractivity contribution in [1.29, 1.82) is 0 Å². The predicted molar refractivity (Wildman–Crippen MR) is 84.7 cm³/mol. The number of sulfonamides is 1. The van der Waals surface area contributed by atoms with Crippen molar-refractivity contribution in [2.75, 3.05) is 12.3 Å². The van der Waals surface area contributed by atoms with Crippen molar-refractivity contribution in [3.63, 3.8) is 0 Å². The van der Waals surface area contributed by atoms with Gasteiger partial charge in [-0.15, -0.1) is 0 Å². The number of hydrogen-bond donors (Lipinski definition) is 2. The smallest absolute Gasteiger partial charge is 0.211 e. The first kappa shape index (κ1) is 15.9. The summed E-state index contributed by atoms with van der Waals surface area (Å²) >= 11 is 1.64. The van der Waals surface area contributed by atoms with Crippen molar-refractivity contribution < 1.29 is 8.42 Å². The van der Waals surface area contributed by atoms with Crippen LogP contribution < -0.4 is 10.0 Å². The average Bonchev–Trinajstić information content (AvgIpc) is 2.90. The Morgan fingerprint density at radius 2 is 2.35 bits per heavy atom. The maximum absolute atomic E-state index is 12.1. The second-order valence-electron chi connectivity index (χ2n) is 5.61. The van der Waals surface area contributed by atoms with Gasteiger partial charge in [-0.25, -0.2) is 13.1 Å². The van der Waals surface area contributed by atoms with Gasteiger partial charge >= 0.3 is 0 Å². The van der Waals surface area contributed by atoms with Crippen LogP contribution in [0.5, 0.6) is 0 Å². The molecular formula is C14H24N2O2S2. The molecule has 4 nitrogen and oxygen atoms in total. The van der Waals surface area contributed by atoms with Gasteiger partial charge in [-0.3, -0.25) is 0 Å². The Morgan fingerprint density at radius 1 is 1.50 bits per heavy atom. The van der Waals surface area contributed by atoms with E-state index in [0.717, 1.165) is 19.4 Å². The van der Waals surface area contributed by atoms with E-state index in [-0.39, 0.29) is 11.8 Å². The Balaban J connectivity index is 1.74. The molecule has 2 rings (SSSR count). The van der Waals surface area contributed by atoms with E-state index in [0.29, 0.717) is 12.5 Å². The molecule has 2 heterocycles. The zero-order valence-electron chi connectivity index (χ0n) is 12.0. The first-order chi connectivity index (χ1) is 9.55. The lowest BCUT2D eigenvalue weighted by Gasteiger charge is -2.23. The van der Waals surface area contributed by atoms with Crippen molar-refractivity contribution >= 4 is 21.4 Å². The Bertz CT molecular complexity index is 479. The Hall–Kier alpha value is -0.430. The normalized spacial score (nSPS) is 21.8. The molecule has 0 aliphatic carbocycles. The molecule has 114 valence electrons. The van der Waals surface area contributed by atoms with Gasteiger partial charge in [0.1, 0.15) is 0 Å². The molecule has 0 saturated carbocycles. The number of hydrogen-bond acceptors (Lipinski definition) is 4. The summed E-state index contributed by atoms with van der Waals surface area (Å²) in [6, 6.07) is 2.36. The van der Waals surface area contributed by atoms with Crippen molar-refractivity contribution in [2.24, 2.45) is 0 Å². The lowest BCUT2D eigenvalue weighted by molar-refractivity contribution is 0.392. The molecule has 20 heavy (non-hydrogen) atoms. The van der Waals surface area contributed by atoms with Crippen LogP contribution in [0.4, 0.5) is 0 Å². The van der Waals surface area contributed by atoms with Crippen LogP contribution in [0.25, 0.3) is 0 Å². The molecular weight excluding hydrogens is 292 g/mol. The lowest BCUT2D eigenvalue weighted by atomic mass is 10.0. The molecule has 1 aliphatic heterocycles. The maximum atomic E-state index is 12.1. The van der Waals surface area contributed by atoms with Gasteiger partial charge in [0.15, 0.2) is 0 Å². The number of thiophene rings is 1. The number of rotatable bonds is 7. The zero-order valence-corrected chi connectivity index (χ0v) is 13.6. The molecule has 2 atom stereocenters. The molecule has 1 aromatic rings. The molecule has 6 heteroatoms. The van der Waals surface area contributed by atoms with Crippen LogP contribution >= 0.6 is 11.3 Å². The summed E-state index contributed by atoms with van der Waals surface area (Å²) in [5.41, 5.74) is 1.19. The van der Waals surface area contributed by atoms with Gasteiger partial charge in [0.05, 0.1) is 5.75 Å². The molecule has 0 radical (unpaired) electrons. The summed E-state index contributed by atoms with van der Waals surface area (Å²) in [6.07, 6.45) is 4.98. The van der Waals surface area contributed by atoms with E-state index < -0.39 is 10.0 Å². The highest BCUT2D eigenvalue weighted by atomic mass is 32.2. The molecule has 1 aliphatic rings.